The third kappa shape index (κ3) is 2.25. The zero-order valence-electron chi connectivity index (χ0n) is 10.4. The van der Waals surface area contributed by atoms with E-state index in [4.69, 9.17) is 16.7 Å². The van der Waals surface area contributed by atoms with Crippen LogP contribution in [-0.2, 0) is 13.1 Å². The topological polar surface area (TPSA) is 72.9 Å². The van der Waals surface area contributed by atoms with Crippen LogP contribution in [0.3, 0.4) is 0 Å². The Morgan fingerprint density at radius 1 is 1.25 bits per heavy atom. The molecule has 0 aliphatic rings. The molecule has 2 heterocycles. The average molecular weight is 291 g/mol. The van der Waals surface area contributed by atoms with Gasteiger partial charge >= 0.3 is 5.97 Å². The number of carbonyl (C=O) groups is 1. The highest BCUT2D eigenvalue weighted by Gasteiger charge is 2.09. The maximum absolute atomic E-state index is 10.7. The van der Waals surface area contributed by atoms with E-state index in [-0.39, 0.29) is 5.69 Å². The van der Waals surface area contributed by atoms with Crippen LogP contribution >= 0.6 is 11.6 Å². The second-order valence-corrected chi connectivity index (χ2v) is 4.77. The summed E-state index contributed by atoms with van der Waals surface area (Å²) in [6.07, 6.45) is 3.27. The molecule has 0 fully saturated rings. The van der Waals surface area contributed by atoms with E-state index in [1.54, 1.807) is 0 Å². The lowest BCUT2D eigenvalue weighted by atomic mass is 10.2. The third-order valence-corrected chi connectivity index (χ3v) is 3.37. The first-order valence-corrected chi connectivity index (χ1v) is 6.40. The summed E-state index contributed by atoms with van der Waals surface area (Å²) >= 11 is 6.17. The van der Waals surface area contributed by atoms with Gasteiger partial charge in [0.15, 0.2) is 5.69 Å². The van der Waals surface area contributed by atoms with Gasteiger partial charge in [-0.1, -0.05) is 35.0 Å². The van der Waals surface area contributed by atoms with E-state index in [2.05, 4.69) is 10.3 Å². The fourth-order valence-electron chi connectivity index (χ4n) is 2.10. The van der Waals surface area contributed by atoms with E-state index in [1.807, 2.05) is 35.0 Å². The smallest absolute Gasteiger partial charge is 0.358 e. The van der Waals surface area contributed by atoms with E-state index in [9.17, 15) is 4.79 Å². The van der Waals surface area contributed by atoms with Crippen molar-refractivity contribution in [2.75, 3.05) is 0 Å². The lowest BCUT2D eigenvalue weighted by molar-refractivity contribution is 0.0690. The Labute approximate surface area is 119 Å². The predicted octanol–water partition coefficient (Wildman–Crippen LogP) is 2.28. The molecule has 3 rings (SSSR count). The monoisotopic (exact) mass is 290 g/mol. The van der Waals surface area contributed by atoms with E-state index in [1.165, 1.54) is 10.9 Å². The Morgan fingerprint density at radius 2 is 2.05 bits per heavy atom. The number of rotatable bonds is 4. The van der Waals surface area contributed by atoms with Crippen molar-refractivity contribution in [2.24, 2.45) is 0 Å². The van der Waals surface area contributed by atoms with Crippen molar-refractivity contribution in [1.29, 1.82) is 0 Å². The summed E-state index contributed by atoms with van der Waals surface area (Å²) in [4.78, 5) is 10.7. The maximum Gasteiger partial charge on any atom is 0.358 e. The summed E-state index contributed by atoms with van der Waals surface area (Å²) < 4.78 is 3.52. The zero-order valence-corrected chi connectivity index (χ0v) is 11.2. The number of nitrogens with zero attached hydrogens (tertiary/aromatic N) is 4. The van der Waals surface area contributed by atoms with Crippen LogP contribution in [0.5, 0.6) is 0 Å². The molecule has 0 unspecified atom stereocenters. The Balaban J connectivity index is 1.81. The van der Waals surface area contributed by atoms with Gasteiger partial charge in [0.25, 0.3) is 0 Å². The van der Waals surface area contributed by atoms with Crippen LogP contribution in [0.25, 0.3) is 10.9 Å². The molecular formula is C13H11ClN4O2. The number of fused-ring (bicyclic) bond motifs is 1. The minimum atomic E-state index is -1.08. The predicted molar refractivity (Wildman–Crippen MR) is 73.9 cm³/mol. The van der Waals surface area contributed by atoms with Crippen molar-refractivity contribution in [2.45, 2.75) is 13.1 Å². The van der Waals surface area contributed by atoms with Crippen LogP contribution in [0.4, 0.5) is 0 Å². The molecule has 0 atom stereocenters. The quantitative estimate of drug-likeness (QED) is 0.800. The van der Waals surface area contributed by atoms with E-state index in [0.29, 0.717) is 18.1 Å². The number of aryl methyl sites for hydroxylation is 2. The molecule has 0 spiro atoms. The van der Waals surface area contributed by atoms with Crippen molar-refractivity contribution >= 4 is 28.5 Å². The number of aromatic carboxylic acids is 1. The van der Waals surface area contributed by atoms with Gasteiger partial charge in [-0.3, -0.25) is 0 Å². The van der Waals surface area contributed by atoms with Gasteiger partial charge in [0.05, 0.1) is 17.8 Å². The number of hydrogen-bond acceptors (Lipinski definition) is 3. The van der Waals surface area contributed by atoms with E-state index >= 15 is 0 Å². The third-order valence-electron chi connectivity index (χ3n) is 3.07. The van der Waals surface area contributed by atoms with Gasteiger partial charge < -0.3 is 9.67 Å². The minimum absolute atomic E-state index is 0.0552. The van der Waals surface area contributed by atoms with Gasteiger partial charge in [0, 0.05) is 23.6 Å². The lowest BCUT2D eigenvalue weighted by Crippen LogP contribution is -2.07. The van der Waals surface area contributed by atoms with Gasteiger partial charge in [-0.2, -0.15) is 0 Å². The Hall–Kier alpha value is -2.34. The Kier molecular flexibility index (Phi) is 3.15. The number of benzene rings is 1. The molecule has 0 amide bonds. The molecular weight excluding hydrogens is 280 g/mol. The number of carboxylic acid groups (broad SMARTS) is 1. The van der Waals surface area contributed by atoms with Crippen LogP contribution < -0.4 is 0 Å². The minimum Gasteiger partial charge on any atom is -0.476 e. The maximum atomic E-state index is 10.7. The van der Waals surface area contributed by atoms with Crippen LogP contribution in [0.2, 0.25) is 5.02 Å². The summed E-state index contributed by atoms with van der Waals surface area (Å²) in [6.45, 7) is 1.16. The van der Waals surface area contributed by atoms with Gasteiger partial charge in [0.2, 0.25) is 0 Å². The highest BCUT2D eigenvalue weighted by molar-refractivity contribution is 6.35. The Bertz CT molecular complexity index is 778. The molecule has 20 heavy (non-hydrogen) atoms. The molecule has 102 valence electrons. The van der Waals surface area contributed by atoms with Crippen molar-refractivity contribution in [1.82, 2.24) is 19.6 Å². The summed E-state index contributed by atoms with van der Waals surface area (Å²) in [6, 6.07) is 7.85. The number of para-hydroxylation sites is 1. The number of halogens is 1. The molecule has 2 aromatic heterocycles. The van der Waals surface area contributed by atoms with Crippen molar-refractivity contribution in [3.05, 3.63) is 47.4 Å². The summed E-state index contributed by atoms with van der Waals surface area (Å²) in [5.74, 6) is -1.08. The van der Waals surface area contributed by atoms with E-state index in [0.717, 1.165) is 10.9 Å². The van der Waals surface area contributed by atoms with Gasteiger partial charge in [-0.05, 0) is 6.07 Å². The largest absolute Gasteiger partial charge is 0.476 e. The summed E-state index contributed by atoms with van der Waals surface area (Å²) in [5.41, 5.74) is 0.983. The summed E-state index contributed by atoms with van der Waals surface area (Å²) in [7, 11) is 0. The molecule has 0 aliphatic heterocycles. The molecule has 7 heteroatoms. The number of carboxylic acids is 1. The molecule has 0 radical (unpaired) electrons. The highest BCUT2D eigenvalue weighted by Crippen LogP contribution is 2.25. The van der Waals surface area contributed by atoms with Crippen LogP contribution in [0.1, 0.15) is 10.5 Å². The van der Waals surface area contributed by atoms with Crippen LogP contribution in [0, 0.1) is 0 Å². The van der Waals surface area contributed by atoms with Crippen molar-refractivity contribution < 1.29 is 9.90 Å². The number of hydrogen-bond donors (Lipinski definition) is 1. The molecule has 0 saturated heterocycles. The Morgan fingerprint density at radius 3 is 2.80 bits per heavy atom. The van der Waals surface area contributed by atoms with Gasteiger partial charge in [-0.25, -0.2) is 9.48 Å². The fraction of sp³-hybridized carbons (Fsp3) is 0.154. The number of aromatic nitrogens is 4. The van der Waals surface area contributed by atoms with Gasteiger partial charge in [-0.15, -0.1) is 5.10 Å². The van der Waals surface area contributed by atoms with Crippen LogP contribution in [0.15, 0.2) is 36.7 Å². The zero-order chi connectivity index (χ0) is 14.1. The highest BCUT2D eigenvalue weighted by atomic mass is 35.5. The first-order chi connectivity index (χ1) is 9.65. The normalized spacial score (nSPS) is 11.1. The fourth-order valence-corrected chi connectivity index (χ4v) is 2.38. The van der Waals surface area contributed by atoms with Crippen molar-refractivity contribution in [3.8, 4) is 0 Å². The first-order valence-electron chi connectivity index (χ1n) is 6.02. The molecule has 0 saturated carbocycles. The average Bonchev–Trinajstić information content (AvgIpc) is 3.03. The molecule has 0 aliphatic carbocycles. The second kappa shape index (κ2) is 4.97. The lowest BCUT2D eigenvalue weighted by Gasteiger charge is -2.04. The first kappa shape index (κ1) is 12.7. The van der Waals surface area contributed by atoms with Gasteiger partial charge in [0.1, 0.15) is 0 Å². The molecule has 1 aromatic carbocycles. The van der Waals surface area contributed by atoms with Crippen LogP contribution in [-0.4, -0.2) is 30.6 Å². The molecule has 6 nitrogen and oxygen atoms in total. The molecule has 0 bridgehead atoms. The van der Waals surface area contributed by atoms with Crippen molar-refractivity contribution in [3.63, 3.8) is 0 Å². The SMILES string of the molecule is O=C(O)c1cn(CCn2cc(Cl)c3ccccc32)nn1. The second-order valence-electron chi connectivity index (χ2n) is 4.36. The summed E-state index contributed by atoms with van der Waals surface area (Å²) in [5, 5.41) is 17.8. The molecule has 3 aromatic rings. The standard InChI is InChI=1S/C13H11ClN4O2/c14-10-7-17(12-4-2-1-3-9(10)12)5-6-18-8-11(13(19)20)15-16-18/h1-4,7-8H,5-6H2,(H,19,20). The van der Waals surface area contributed by atoms with E-state index < -0.39 is 5.97 Å². The molecule has 1 N–H and O–H groups in total.